The van der Waals surface area contributed by atoms with Gasteiger partial charge in [0.2, 0.25) is 0 Å². The SMILES string of the molecule is CN(C)CCCOc1cccc(-c2nccn2-c2ccc3c(c2)COC3)c1. The fraction of sp³-hybridized carbons (Fsp3) is 0.318. The largest absolute Gasteiger partial charge is 0.494 e. The van der Waals surface area contributed by atoms with Gasteiger partial charge in [0.25, 0.3) is 0 Å². The van der Waals surface area contributed by atoms with E-state index in [-0.39, 0.29) is 0 Å². The molecule has 0 aliphatic carbocycles. The van der Waals surface area contributed by atoms with E-state index in [1.807, 2.05) is 24.5 Å². The third-order valence-corrected chi connectivity index (χ3v) is 4.73. The number of aromatic nitrogens is 2. The van der Waals surface area contributed by atoms with Crippen LogP contribution in [0.3, 0.4) is 0 Å². The molecule has 1 aliphatic rings. The van der Waals surface area contributed by atoms with Crippen molar-refractivity contribution in [2.75, 3.05) is 27.2 Å². The van der Waals surface area contributed by atoms with Crippen molar-refractivity contribution in [2.24, 2.45) is 0 Å². The molecule has 3 aromatic rings. The second-order valence-corrected chi connectivity index (χ2v) is 7.10. The topological polar surface area (TPSA) is 39.5 Å². The van der Waals surface area contributed by atoms with Crippen molar-refractivity contribution in [1.82, 2.24) is 14.5 Å². The van der Waals surface area contributed by atoms with Gasteiger partial charge in [-0.15, -0.1) is 0 Å². The van der Waals surface area contributed by atoms with E-state index in [9.17, 15) is 0 Å². The van der Waals surface area contributed by atoms with Crippen LogP contribution in [0.2, 0.25) is 0 Å². The Labute approximate surface area is 160 Å². The zero-order chi connectivity index (χ0) is 18.6. The van der Waals surface area contributed by atoms with E-state index in [2.05, 4.69) is 58.9 Å². The predicted octanol–water partition coefficient (Wildman–Crippen LogP) is 3.90. The van der Waals surface area contributed by atoms with Crippen LogP contribution in [0.4, 0.5) is 0 Å². The molecule has 1 aromatic heterocycles. The summed E-state index contributed by atoms with van der Waals surface area (Å²) in [4.78, 5) is 6.75. The molecule has 0 unspecified atom stereocenters. The second-order valence-electron chi connectivity index (χ2n) is 7.10. The molecule has 0 fully saturated rings. The van der Waals surface area contributed by atoms with Crippen LogP contribution in [-0.4, -0.2) is 41.7 Å². The Bertz CT molecular complexity index is 917. The summed E-state index contributed by atoms with van der Waals surface area (Å²) in [5.41, 5.74) is 4.67. The van der Waals surface area contributed by atoms with Gasteiger partial charge in [0.1, 0.15) is 11.6 Å². The summed E-state index contributed by atoms with van der Waals surface area (Å²) < 4.78 is 13.6. The summed E-state index contributed by atoms with van der Waals surface area (Å²) in [5.74, 6) is 1.79. The summed E-state index contributed by atoms with van der Waals surface area (Å²) in [6.45, 7) is 3.12. The molecule has 5 heteroatoms. The fourth-order valence-corrected chi connectivity index (χ4v) is 3.33. The van der Waals surface area contributed by atoms with Crippen LogP contribution in [0.5, 0.6) is 5.75 Å². The molecule has 0 amide bonds. The lowest BCUT2D eigenvalue weighted by Crippen LogP contribution is -2.15. The van der Waals surface area contributed by atoms with E-state index < -0.39 is 0 Å². The molecule has 2 aromatic carbocycles. The van der Waals surface area contributed by atoms with Crippen molar-refractivity contribution in [3.63, 3.8) is 0 Å². The number of ether oxygens (including phenoxy) is 2. The average molecular weight is 363 g/mol. The molecule has 0 spiro atoms. The first-order valence-electron chi connectivity index (χ1n) is 9.32. The molecule has 0 atom stereocenters. The highest BCUT2D eigenvalue weighted by molar-refractivity contribution is 5.61. The van der Waals surface area contributed by atoms with Crippen molar-refractivity contribution in [3.8, 4) is 22.8 Å². The number of hydrogen-bond acceptors (Lipinski definition) is 4. The van der Waals surface area contributed by atoms with Crippen molar-refractivity contribution in [3.05, 3.63) is 66.0 Å². The Morgan fingerprint density at radius 2 is 2.00 bits per heavy atom. The zero-order valence-electron chi connectivity index (χ0n) is 15.9. The molecule has 5 nitrogen and oxygen atoms in total. The van der Waals surface area contributed by atoms with E-state index in [4.69, 9.17) is 9.47 Å². The molecular formula is C22H25N3O2. The molecule has 140 valence electrons. The van der Waals surface area contributed by atoms with Crippen molar-refractivity contribution >= 4 is 0 Å². The predicted molar refractivity (Wildman–Crippen MR) is 106 cm³/mol. The fourth-order valence-electron chi connectivity index (χ4n) is 3.33. The summed E-state index contributed by atoms with van der Waals surface area (Å²) in [6.07, 6.45) is 4.84. The molecule has 2 heterocycles. The number of benzene rings is 2. The van der Waals surface area contributed by atoms with Crippen molar-refractivity contribution < 1.29 is 9.47 Å². The highest BCUT2D eigenvalue weighted by Crippen LogP contribution is 2.28. The Kier molecular flexibility index (Phi) is 5.23. The Hall–Kier alpha value is -2.63. The summed E-state index contributed by atoms with van der Waals surface area (Å²) in [7, 11) is 4.15. The van der Waals surface area contributed by atoms with Crippen LogP contribution in [0.1, 0.15) is 17.5 Å². The first kappa shape index (κ1) is 17.8. The number of fused-ring (bicyclic) bond motifs is 1. The van der Waals surface area contributed by atoms with E-state index in [1.165, 1.54) is 11.1 Å². The Morgan fingerprint density at radius 3 is 2.89 bits per heavy atom. The minimum atomic E-state index is 0.684. The highest BCUT2D eigenvalue weighted by Gasteiger charge is 2.14. The van der Waals surface area contributed by atoms with Gasteiger partial charge >= 0.3 is 0 Å². The summed E-state index contributed by atoms with van der Waals surface area (Å²) in [6, 6.07) is 14.6. The van der Waals surface area contributed by atoms with E-state index in [1.54, 1.807) is 0 Å². The van der Waals surface area contributed by atoms with Gasteiger partial charge < -0.3 is 14.4 Å². The summed E-state index contributed by atoms with van der Waals surface area (Å²) in [5, 5.41) is 0. The van der Waals surface area contributed by atoms with Gasteiger partial charge in [0.05, 0.1) is 19.8 Å². The monoisotopic (exact) mass is 363 g/mol. The van der Waals surface area contributed by atoms with Crippen LogP contribution >= 0.6 is 0 Å². The Balaban J connectivity index is 1.55. The first-order chi connectivity index (χ1) is 13.2. The van der Waals surface area contributed by atoms with Crippen LogP contribution in [0.15, 0.2) is 54.9 Å². The lowest BCUT2D eigenvalue weighted by atomic mass is 10.1. The quantitative estimate of drug-likeness (QED) is 0.597. The number of imidazole rings is 1. The maximum atomic E-state index is 5.92. The standard InChI is InChI=1S/C22H25N3O2/c1-24(2)10-4-12-27-21-6-3-5-17(14-21)22-23-9-11-25(22)20-8-7-18-15-26-16-19(18)13-20/h3,5-9,11,13-14H,4,10,12,15-16H2,1-2H3. The summed E-state index contributed by atoms with van der Waals surface area (Å²) >= 11 is 0. The van der Waals surface area contributed by atoms with Crippen LogP contribution < -0.4 is 4.74 Å². The number of nitrogens with zero attached hydrogens (tertiary/aromatic N) is 3. The van der Waals surface area contributed by atoms with E-state index in [0.29, 0.717) is 19.8 Å². The molecule has 4 rings (SSSR count). The van der Waals surface area contributed by atoms with Crippen molar-refractivity contribution in [2.45, 2.75) is 19.6 Å². The van der Waals surface area contributed by atoms with Gasteiger partial charge in [-0.2, -0.15) is 0 Å². The molecule has 0 saturated carbocycles. The minimum Gasteiger partial charge on any atom is -0.494 e. The van der Waals surface area contributed by atoms with E-state index in [0.717, 1.165) is 35.8 Å². The number of hydrogen-bond donors (Lipinski definition) is 0. The van der Waals surface area contributed by atoms with Gasteiger partial charge in [-0.3, -0.25) is 4.57 Å². The lowest BCUT2D eigenvalue weighted by Gasteiger charge is -2.12. The van der Waals surface area contributed by atoms with E-state index >= 15 is 0 Å². The first-order valence-corrected chi connectivity index (χ1v) is 9.32. The maximum Gasteiger partial charge on any atom is 0.144 e. The van der Waals surface area contributed by atoms with Crippen LogP contribution in [0, 0.1) is 0 Å². The molecule has 0 N–H and O–H groups in total. The van der Waals surface area contributed by atoms with Gasteiger partial charge in [-0.25, -0.2) is 4.98 Å². The second kappa shape index (κ2) is 7.94. The molecule has 27 heavy (non-hydrogen) atoms. The molecule has 0 saturated heterocycles. The molecular weight excluding hydrogens is 338 g/mol. The van der Waals surface area contributed by atoms with Gasteiger partial charge in [-0.05, 0) is 55.9 Å². The highest BCUT2D eigenvalue weighted by atomic mass is 16.5. The third-order valence-electron chi connectivity index (χ3n) is 4.73. The molecule has 1 aliphatic heterocycles. The average Bonchev–Trinajstić information content (AvgIpc) is 3.33. The molecule has 0 bridgehead atoms. The van der Waals surface area contributed by atoms with Gasteiger partial charge in [-0.1, -0.05) is 18.2 Å². The maximum absolute atomic E-state index is 5.92. The zero-order valence-corrected chi connectivity index (χ0v) is 15.9. The van der Waals surface area contributed by atoms with Gasteiger partial charge in [0, 0.05) is 30.2 Å². The smallest absolute Gasteiger partial charge is 0.144 e. The minimum absolute atomic E-state index is 0.684. The van der Waals surface area contributed by atoms with Gasteiger partial charge in [0.15, 0.2) is 0 Å². The van der Waals surface area contributed by atoms with Crippen LogP contribution in [0.25, 0.3) is 17.1 Å². The number of rotatable bonds is 7. The normalized spacial score (nSPS) is 13.1. The molecule has 0 radical (unpaired) electrons. The Morgan fingerprint density at radius 1 is 1.11 bits per heavy atom. The third kappa shape index (κ3) is 4.04. The lowest BCUT2D eigenvalue weighted by molar-refractivity contribution is 0.134. The van der Waals surface area contributed by atoms with Crippen LogP contribution in [-0.2, 0) is 18.0 Å². The van der Waals surface area contributed by atoms with Crippen molar-refractivity contribution in [1.29, 1.82) is 0 Å².